The minimum Gasteiger partial charge on any atom is -0.372 e. The van der Waals surface area contributed by atoms with Gasteiger partial charge in [-0.1, -0.05) is 6.07 Å². The van der Waals surface area contributed by atoms with Gasteiger partial charge in [0.25, 0.3) is 0 Å². The molecule has 1 aliphatic heterocycles. The maximum absolute atomic E-state index is 11.6. The molecule has 0 saturated carbocycles. The summed E-state index contributed by atoms with van der Waals surface area (Å²) in [5.74, 6) is 1.28. The molecule has 2 nitrogen and oxygen atoms in total. The Hall–Kier alpha value is -0.540. The van der Waals surface area contributed by atoms with Gasteiger partial charge >= 0.3 is 0 Å². The minimum absolute atomic E-state index is 0.556. The largest absolute Gasteiger partial charge is 0.372 e. The first kappa shape index (κ1) is 11.0. The summed E-state index contributed by atoms with van der Waals surface area (Å²) in [6.07, 6.45) is 3.17. The van der Waals surface area contributed by atoms with Gasteiger partial charge in [0.2, 0.25) is 0 Å². The molecule has 0 fully saturated rings. The zero-order valence-electron chi connectivity index (χ0n) is 8.46. The molecule has 1 aromatic carbocycles. The van der Waals surface area contributed by atoms with Crippen LogP contribution in [0.5, 0.6) is 0 Å². The summed E-state index contributed by atoms with van der Waals surface area (Å²) in [6, 6.07) is 6.18. The number of aryl methyl sites for hydroxylation is 1. The molecule has 0 spiro atoms. The van der Waals surface area contributed by atoms with E-state index < -0.39 is 10.8 Å². The van der Waals surface area contributed by atoms with E-state index in [1.165, 1.54) is 5.56 Å². The third kappa shape index (κ3) is 2.52. The zero-order valence-corrected chi connectivity index (χ0v) is 10.0. The van der Waals surface area contributed by atoms with E-state index in [2.05, 4.69) is 17.4 Å². The van der Waals surface area contributed by atoms with Crippen molar-refractivity contribution in [3.63, 3.8) is 0 Å². The smallest absolute Gasteiger partial charge is 0.0959 e. The predicted octanol–water partition coefficient (Wildman–Crippen LogP) is 2.74. The van der Waals surface area contributed by atoms with Crippen LogP contribution in [0.15, 0.2) is 23.1 Å². The maximum Gasteiger partial charge on any atom is 0.0959 e. The highest BCUT2D eigenvalue weighted by atomic mass is 35.5. The van der Waals surface area contributed by atoms with Gasteiger partial charge in [-0.25, -0.2) is 0 Å². The highest BCUT2D eigenvalue weighted by molar-refractivity contribution is 7.85. The Kier molecular flexibility index (Phi) is 3.65. The standard InChI is InChI=1S/C11H14ClNOS/c12-6-2-1-3-9-4-5-10-11(7-9)15(14)8-13-10/h4-5,7,13H,1-3,6,8H2. The minimum atomic E-state index is -0.853. The molecule has 0 amide bonds. The molecule has 0 aromatic heterocycles. The van der Waals surface area contributed by atoms with Crippen LogP contribution in [0.4, 0.5) is 5.69 Å². The Morgan fingerprint density at radius 1 is 1.40 bits per heavy atom. The molecule has 82 valence electrons. The Labute approximate surface area is 97.5 Å². The highest BCUT2D eigenvalue weighted by Gasteiger charge is 2.17. The summed E-state index contributed by atoms with van der Waals surface area (Å²) in [5.41, 5.74) is 2.28. The second-order valence-corrected chi connectivity index (χ2v) is 5.44. The lowest BCUT2D eigenvalue weighted by molar-refractivity contribution is 0.686. The SMILES string of the molecule is O=S1CNc2ccc(CCCCCl)cc21. The quantitative estimate of drug-likeness (QED) is 0.651. The maximum atomic E-state index is 11.6. The monoisotopic (exact) mass is 243 g/mol. The molecule has 1 unspecified atom stereocenters. The van der Waals surface area contributed by atoms with Crippen LogP contribution in [-0.4, -0.2) is 16.0 Å². The van der Waals surface area contributed by atoms with E-state index in [1.807, 2.05) is 6.07 Å². The van der Waals surface area contributed by atoms with Gasteiger partial charge in [0.1, 0.15) is 0 Å². The zero-order chi connectivity index (χ0) is 10.7. The summed E-state index contributed by atoms with van der Waals surface area (Å²) in [4.78, 5) is 0.957. The van der Waals surface area contributed by atoms with Crippen molar-refractivity contribution < 1.29 is 4.21 Å². The van der Waals surface area contributed by atoms with Crippen LogP contribution in [0.25, 0.3) is 0 Å². The van der Waals surface area contributed by atoms with Crippen molar-refractivity contribution in [3.8, 4) is 0 Å². The third-order valence-electron chi connectivity index (χ3n) is 2.53. The summed E-state index contributed by atoms with van der Waals surface area (Å²) < 4.78 is 11.6. The number of unbranched alkanes of at least 4 members (excludes halogenated alkanes) is 1. The molecule has 0 aliphatic carbocycles. The predicted molar refractivity (Wildman–Crippen MR) is 65.0 cm³/mol. The highest BCUT2D eigenvalue weighted by Crippen LogP contribution is 2.27. The van der Waals surface area contributed by atoms with Gasteiger partial charge in [0.05, 0.1) is 27.3 Å². The number of nitrogens with one attached hydrogen (secondary N) is 1. The molecule has 0 radical (unpaired) electrons. The van der Waals surface area contributed by atoms with Crippen molar-refractivity contribution in [3.05, 3.63) is 23.8 Å². The first-order valence-corrected chi connectivity index (χ1v) is 6.98. The number of anilines is 1. The van der Waals surface area contributed by atoms with E-state index in [9.17, 15) is 4.21 Å². The molecule has 2 rings (SSSR count). The van der Waals surface area contributed by atoms with Crippen LogP contribution in [0, 0.1) is 0 Å². The van der Waals surface area contributed by atoms with Crippen LogP contribution in [0.2, 0.25) is 0 Å². The van der Waals surface area contributed by atoms with E-state index in [4.69, 9.17) is 11.6 Å². The number of hydrogen-bond donors (Lipinski definition) is 1. The summed E-state index contributed by atoms with van der Waals surface area (Å²) in [7, 11) is -0.853. The molecular weight excluding hydrogens is 230 g/mol. The van der Waals surface area contributed by atoms with Crippen molar-refractivity contribution in [2.75, 3.05) is 17.1 Å². The summed E-state index contributed by atoms with van der Waals surface area (Å²) in [6.45, 7) is 0. The van der Waals surface area contributed by atoms with Gasteiger partial charge in [-0.2, -0.15) is 0 Å². The Morgan fingerprint density at radius 3 is 3.07 bits per heavy atom. The molecule has 1 aliphatic rings. The topological polar surface area (TPSA) is 29.1 Å². The number of alkyl halides is 1. The van der Waals surface area contributed by atoms with E-state index in [-0.39, 0.29) is 0 Å². The molecule has 1 N–H and O–H groups in total. The number of benzene rings is 1. The first-order chi connectivity index (χ1) is 7.31. The van der Waals surface area contributed by atoms with Gasteiger partial charge in [-0.05, 0) is 37.0 Å². The lowest BCUT2D eigenvalue weighted by Gasteiger charge is -2.03. The van der Waals surface area contributed by atoms with Crippen molar-refractivity contribution in [2.24, 2.45) is 0 Å². The molecular formula is C11H14ClNOS. The van der Waals surface area contributed by atoms with Gasteiger partial charge in [0.15, 0.2) is 0 Å². The fourth-order valence-electron chi connectivity index (χ4n) is 1.70. The number of rotatable bonds is 4. The van der Waals surface area contributed by atoms with Crippen LogP contribution >= 0.6 is 11.6 Å². The van der Waals surface area contributed by atoms with E-state index in [0.29, 0.717) is 5.88 Å². The van der Waals surface area contributed by atoms with Crippen LogP contribution in [0.3, 0.4) is 0 Å². The molecule has 1 atom stereocenters. The van der Waals surface area contributed by atoms with Crippen molar-refractivity contribution in [2.45, 2.75) is 24.2 Å². The second-order valence-electron chi connectivity index (χ2n) is 3.64. The van der Waals surface area contributed by atoms with E-state index in [0.717, 1.165) is 35.7 Å². The van der Waals surface area contributed by atoms with Crippen molar-refractivity contribution in [1.29, 1.82) is 0 Å². The van der Waals surface area contributed by atoms with E-state index >= 15 is 0 Å². The molecule has 15 heavy (non-hydrogen) atoms. The second kappa shape index (κ2) is 4.99. The lowest BCUT2D eigenvalue weighted by Crippen LogP contribution is -1.94. The van der Waals surface area contributed by atoms with Gasteiger partial charge in [-0.15, -0.1) is 11.6 Å². The number of hydrogen-bond acceptors (Lipinski definition) is 2. The lowest BCUT2D eigenvalue weighted by atomic mass is 10.1. The Bertz CT molecular complexity index is 381. The molecule has 4 heteroatoms. The first-order valence-electron chi connectivity index (χ1n) is 5.12. The molecule has 0 saturated heterocycles. The summed E-state index contributed by atoms with van der Waals surface area (Å²) >= 11 is 5.63. The molecule has 0 bridgehead atoms. The molecule has 1 heterocycles. The third-order valence-corrected chi connectivity index (χ3v) is 4.04. The van der Waals surface area contributed by atoms with E-state index in [1.54, 1.807) is 0 Å². The van der Waals surface area contributed by atoms with Gasteiger partial charge in [0, 0.05) is 5.88 Å². The Morgan fingerprint density at radius 2 is 2.27 bits per heavy atom. The fraction of sp³-hybridized carbons (Fsp3) is 0.455. The average molecular weight is 244 g/mol. The Balaban J connectivity index is 2.08. The number of fused-ring (bicyclic) bond motifs is 1. The van der Waals surface area contributed by atoms with Gasteiger partial charge < -0.3 is 5.32 Å². The normalized spacial score (nSPS) is 18.6. The van der Waals surface area contributed by atoms with Gasteiger partial charge in [-0.3, -0.25) is 4.21 Å². The summed E-state index contributed by atoms with van der Waals surface area (Å²) in [5, 5.41) is 3.12. The van der Waals surface area contributed by atoms with Crippen LogP contribution in [-0.2, 0) is 17.2 Å². The molecule has 1 aromatic rings. The fourth-order valence-corrected chi connectivity index (χ4v) is 3.00. The van der Waals surface area contributed by atoms with Crippen LogP contribution < -0.4 is 5.32 Å². The van der Waals surface area contributed by atoms with Crippen molar-refractivity contribution >= 4 is 28.1 Å². The van der Waals surface area contributed by atoms with Crippen LogP contribution in [0.1, 0.15) is 18.4 Å². The number of halogens is 1. The van der Waals surface area contributed by atoms with Crippen molar-refractivity contribution in [1.82, 2.24) is 0 Å². The average Bonchev–Trinajstić information content (AvgIpc) is 2.61.